The largest absolute Gasteiger partial charge is 0.351 e. The van der Waals surface area contributed by atoms with Crippen molar-refractivity contribution >= 4 is 34.5 Å². The molecule has 3 fully saturated rings. The molecule has 4 N–H and O–H groups in total. The fraction of sp³-hybridized carbons (Fsp3) is 0.607. The minimum absolute atomic E-state index is 0.287. The van der Waals surface area contributed by atoms with Crippen molar-refractivity contribution in [2.75, 3.05) is 23.8 Å². The molecular formula is C28H38ClFN8. The van der Waals surface area contributed by atoms with Crippen LogP contribution in [0.3, 0.4) is 0 Å². The number of hydrazine groups is 1. The van der Waals surface area contributed by atoms with Crippen LogP contribution in [0.15, 0.2) is 24.5 Å². The van der Waals surface area contributed by atoms with Crippen LogP contribution in [0.4, 0.5) is 16.2 Å². The Hall–Kier alpha value is -2.49. The Morgan fingerprint density at radius 2 is 1.76 bits per heavy atom. The van der Waals surface area contributed by atoms with Crippen molar-refractivity contribution in [3.63, 3.8) is 0 Å². The Bertz CT molecular complexity index is 1240. The molecule has 204 valence electrons. The predicted molar refractivity (Wildman–Crippen MR) is 150 cm³/mol. The topological polar surface area (TPSA) is 96.9 Å². The van der Waals surface area contributed by atoms with Crippen molar-refractivity contribution in [1.29, 1.82) is 0 Å². The second kappa shape index (κ2) is 11.3. The summed E-state index contributed by atoms with van der Waals surface area (Å²) in [4.78, 5) is 14.7. The molecule has 1 aliphatic heterocycles. The molecule has 1 aromatic carbocycles. The first-order chi connectivity index (χ1) is 18.5. The standard InChI is InChI=1S/C28H38ClFN8/c29-24-16-20(30)6-5-19(24)15-18-11-13-37(14-12-18)36-26-25-27(38(17-32-25)23-3-1-2-4-23)35-28(34-26)33-22-9-7-21(31)8-10-22/h5-6,16-18,21-23H,1-4,7-15,31H2,(H2,33,34,35,36). The molecule has 3 aromatic rings. The summed E-state index contributed by atoms with van der Waals surface area (Å²) in [6.07, 6.45) is 13.9. The molecule has 2 aromatic heterocycles. The van der Waals surface area contributed by atoms with Gasteiger partial charge in [0.1, 0.15) is 5.82 Å². The summed E-state index contributed by atoms with van der Waals surface area (Å²) in [5.41, 5.74) is 12.5. The van der Waals surface area contributed by atoms with Crippen molar-refractivity contribution in [1.82, 2.24) is 24.5 Å². The first kappa shape index (κ1) is 25.8. The number of aromatic nitrogens is 4. The van der Waals surface area contributed by atoms with Gasteiger partial charge in [-0.15, -0.1) is 0 Å². The Balaban J connectivity index is 1.17. The van der Waals surface area contributed by atoms with Crippen LogP contribution >= 0.6 is 11.6 Å². The lowest BCUT2D eigenvalue weighted by Crippen LogP contribution is -2.39. The highest BCUT2D eigenvalue weighted by atomic mass is 35.5. The fourth-order valence-electron chi connectivity index (χ4n) is 6.35. The minimum Gasteiger partial charge on any atom is -0.351 e. The lowest BCUT2D eigenvalue weighted by Gasteiger charge is -2.32. The SMILES string of the molecule is NC1CCC(Nc2nc(NN3CCC(Cc4ccc(F)cc4Cl)CC3)c3ncn(C4CCCC4)c3n2)CC1. The highest BCUT2D eigenvalue weighted by Gasteiger charge is 2.26. The zero-order valence-electron chi connectivity index (χ0n) is 21.9. The zero-order valence-corrected chi connectivity index (χ0v) is 22.6. The van der Waals surface area contributed by atoms with Gasteiger partial charge in [-0.05, 0) is 81.4 Å². The zero-order chi connectivity index (χ0) is 26.1. The number of benzene rings is 1. The number of anilines is 2. The van der Waals surface area contributed by atoms with E-state index >= 15 is 0 Å². The summed E-state index contributed by atoms with van der Waals surface area (Å²) in [5, 5.41) is 6.36. The number of fused-ring (bicyclic) bond motifs is 1. The van der Waals surface area contributed by atoms with E-state index in [-0.39, 0.29) is 5.82 Å². The number of halogens is 2. The monoisotopic (exact) mass is 540 g/mol. The minimum atomic E-state index is -0.287. The molecule has 38 heavy (non-hydrogen) atoms. The Labute approximate surface area is 228 Å². The van der Waals surface area contributed by atoms with Gasteiger partial charge < -0.3 is 21.0 Å². The van der Waals surface area contributed by atoms with Crippen LogP contribution in [-0.2, 0) is 6.42 Å². The lowest BCUT2D eigenvalue weighted by atomic mass is 9.90. The third-order valence-corrected chi connectivity index (χ3v) is 9.00. The first-order valence-corrected chi connectivity index (χ1v) is 14.6. The van der Waals surface area contributed by atoms with E-state index in [1.165, 1.54) is 37.8 Å². The molecule has 3 aliphatic rings. The van der Waals surface area contributed by atoms with Gasteiger partial charge in [0.05, 0.1) is 6.33 Å². The van der Waals surface area contributed by atoms with Crippen molar-refractivity contribution in [2.24, 2.45) is 11.7 Å². The number of hydrogen-bond acceptors (Lipinski definition) is 7. The number of nitrogens with zero attached hydrogens (tertiary/aromatic N) is 5. The summed E-state index contributed by atoms with van der Waals surface area (Å²) in [6.45, 7) is 1.78. The summed E-state index contributed by atoms with van der Waals surface area (Å²) in [6, 6.07) is 5.82. The normalized spacial score (nSPS) is 23.8. The molecule has 2 aliphatic carbocycles. The highest BCUT2D eigenvalue weighted by Crippen LogP contribution is 2.34. The van der Waals surface area contributed by atoms with Gasteiger partial charge in [0, 0.05) is 36.2 Å². The fourth-order valence-corrected chi connectivity index (χ4v) is 6.60. The molecule has 0 spiro atoms. The number of nitrogens with two attached hydrogens (primary N) is 1. The maximum Gasteiger partial charge on any atom is 0.227 e. The van der Waals surface area contributed by atoms with E-state index in [0.29, 0.717) is 35.0 Å². The second-order valence-electron chi connectivity index (χ2n) is 11.4. The van der Waals surface area contributed by atoms with Gasteiger partial charge in [0.25, 0.3) is 0 Å². The molecule has 0 radical (unpaired) electrons. The molecule has 2 saturated carbocycles. The number of nitrogens with one attached hydrogen (secondary N) is 2. The van der Waals surface area contributed by atoms with Crippen molar-refractivity contribution in [2.45, 2.75) is 88.8 Å². The smallest absolute Gasteiger partial charge is 0.227 e. The van der Waals surface area contributed by atoms with Crippen LogP contribution in [0, 0.1) is 11.7 Å². The van der Waals surface area contributed by atoms with E-state index in [0.717, 1.165) is 80.6 Å². The molecule has 8 nitrogen and oxygen atoms in total. The molecule has 1 saturated heterocycles. The van der Waals surface area contributed by atoms with Crippen LogP contribution in [0.25, 0.3) is 11.2 Å². The first-order valence-electron chi connectivity index (χ1n) is 14.2. The van der Waals surface area contributed by atoms with E-state index in [1.807, 2.05) is 12.4 Å². The molecule has 10 heteroatoms. The van der Waals surface area contributed by atoms with Crippen molar-refractivity contribution in [3.05, 3.63) is 40.9 Å². The number of imidazole rings is 1. The van der Waals surface area contributed by atoms with Gasteiger partial charge in [-0.2, -0.15) is 9.97 Å². The van der Waals surface area contributed by atoms with E-state index in [9.17, 15) is 4.39 Å². The Morgan fingerprint density at radius 1 is 1.00 bits per heavy atom. The summed E-state index contributed by atoms with van der Waals surface area (Å²) in [5.74, 6) is 1.66. The molecular weight excluding hydrogens is 503 g/mol. The van der Waals surface area contributed by atoms with E-state index in [1.54, 1.807) is 0 Å². The number of hydrogen-bond donors (Lipinski definition) is 3. The second-order valence-corrected chi connectivity index (χ2v) is 11.8. The highest BCUT2D eigenvalue weighted by molar-refractivity contribution is 6.31. The molecule has 3 heterocycles. The summed E-state index contributed by atoms with van der Waals surface area (Å²) < 4.78 is 15.7. The third kappa shape index (κ3) is 5.75. The summed E-state index contributed by atoms with van der Waals surface area (Å²) in [7, 11) is 0. The Morgan fingerprint density at radius 3 is 2.50 bits per heavy atom. The van der Waals surface area contributed by atoms with E-state index in [4.69, 9.17) is 32.3 Å². The molecule has 6 rings (SSSR count). The number of rotatable bonds is 7. The van der Waals surface area contributed by atoms with Crippen LogP contribution in [0.2, 0.25) is 5.02 Å². The average Bonchev–Trinajstić information content (AvgIpc) is 3.58. The van der Waals surface area contributed by atoms with Gasteiger partial charge >= 0.3 is 0 Å². The van der Waals surface area contributed by atoms with E-state index < -0.39 is 0 Å². The molecule has 0 amide bonds. The lowest BCUT2D eigenvalue weighted by molar-refractivity contribution is 0.216. The van der Waals surface area contributed by atoms with E-state index in [2.05, 4.69) is 20.3 Å². The average molecular weight is 541 g/mol. The summed E-state index contributed by atoms with van der Waals surface area (Å²) >= 11 is 6.28. The van der Waals surface area contributed by atoms with Gasteiger partial charge in [-0.25, -0.2) is 14.4 Å². The van der Waals surface area contributed by atoms with Gasteiger partial charge in [0.2, 0.25) is 5.95 Å². The molecule has 0 atom stereocenters. The number of piperidine rings is 1. The van der Waals surface area contributed by atoms with Gasteiger partial charge in [0.15, 0.2) is 17.0 Å². The quantitative estimate of drug-likeness (QED) is 0.354. The maximum absolute atomic E-state index is 13.4. The Kier molecular flexibility index (Phi) is 7.68. The van der Waals surface area contributed by atoms with Gasteiger partial charge in [-0.1, -0.05) is 30.5 Å². The van der Waals surface area contributed by atoms with Crippen LogP contribution < -0.4 is 16.5 Å². The van der Waals surface area contributed by atoms with Crippen LogP contribution in [0.5, 0.6) is 0 Å². The van der Waals surface area contributed by atoms with Crippen LogP contribution in [-0.4, -0.2) is 49.7 Å². The molecule has 0 unspecified atom stereocenters. The van der Waals surface area contributed by atoms with Crippen molar-refractivity contribution in [3.8, 4) is 0 Å². The maximum atomic E-state index is 13.4. The third-order valence-electron chi connectivity index (χ3n) is 8.65. The predicted octanol–water partition coefficient (Wildman–Crippen LogP) is 5.70. The molecule has 0 bridgehead atoms. The van der Waals surface area contributed by atoms with Crippen LogP contribution in [0.1, 0.15) is 75.8 Å². The van der Waals surface area contributed by atoms with Gasteiger partial charge in [-0.3, -0.25) is 0 Å². The van der Waals surface area contributed by atoms with Crippen molar-refractivity contribution < 1.29 is 4.39 Å².